The normalized spacial score (nSPS) is 21.5. The van der Waals surface area contributed by atoms with Crippen LogP contribution in [0.3, 0.4) is 0 Å². The molecule has 0 bridgehead atoms. The molecule has 2 aromatic rings. The Morgan fingerprint density at radius 2 is 2.06 bits per heavy atom. The number of aromatic nitrogens is 1. The number of hydrogen-bond acceptors (Lipinski definition) is 7. The van der Waals surface area contributed by atoms with Crippen molar-refractivity contribution in [2.45, 2.75) is 59.0 Å². The number of carbonyl (C=O) groups excluding carboxylic acids is 1. The van der Waals surface area contributed by atoms with E-state index in [1.807, 2.05) is 38.1 Å². The molecule has 36 heavy (non-hydrogen) atoms. The van der Waals surface area contributed by atoms with Crippen molar-refractivity contribution < 1.29 is 14.3 Å². The molecule has 4 rings (SSSR count). The lowest BCUT2D eigenvalue weighted by Gasteiger charge is -2.35. The van der Waals surface area contributed by atoms with Crippen LogP contribution < -0.4 is 15.2 Å². The number of nitrogens with zero attached hydrogens (tertiary/aromatic N) is 3. The van der Waals surface area contributed by atoms with Gasteiger partial charge >= 0.3 is 0 Å². The van der Waals surface area contributed by atoms with E-state index < -0.39 is 11.8 Å². The Morgan fingerprint density at radius 1 is 1.25 bits per heavy atom. The minimum atomic E-state index is -0.529. The van der Waals surface area contributed by atoms with E-state index in [1.165, 1.54) is 0 Å². The van der Waals surface area contributed by atoms with E-state index in [4.69, 9.17) is 20.2 Å². The zero-order chi connectivity index (χ0) is 25.8. The van der Waals surface area contributed by atoms with Crippen LogP contribution in [-0.2, 0) is 11.4 Å². The number of allylic oxidation sites excluding steroid dienone is 2. The van der Waals surface area contributed by atoms with Crippen LogP contribution in [0, 0.1) is 23.2 Å². The summed E-state index contributed by atoms with van der Waals surface area (Å²) in [6.07, 6.45) is 4.94. The van der Waals surface area contributed by atoms with Gasteiger partial charge in [-0.3, -0.25) is 9.79 Å². The van der Waals surface area contributed by atoms with Crippen molar-refractivity contribution in [3.63, 3.8) is 0 Å². The van der Waals surface area contributed by atoms with E-state index >= 15 is 0 Å². The second-order valence-electron chi connectivity index (χ2n) is 9.28. The van der Waals surface area contributed by atoms with Crippen molar-refractivity contribution in [1.82, 2.24) is 4.98 Å². The lowest BCUT2D eigenvalue weighted by Crippen LogP contribution is -2.32. The smallest absolute Gasteiger partial charge is 0.175 e. The molecule has 3 unspecified atom stereocenters. The van der Waals surface area contributed by atoms with Crippen molar-refractivity contribution >= 4 is 33.2 Å². The van der Waals surface area contributed by atoms with Crippen LogP contribution in [0.2, 0.25) is 0 Å². The van der Waals surface area contributed by atoms with Crippen molar-refractivity contribution in [2.75, 3.05) is 12.3 Å². The third-order valence-corrected chi connectivity index (χ3v) is 7.39. The molecule has 0 radical (unpaired) electrons. The summed E-state index contributed by atoms with van der Waals surface area (Å²) in [5.74, 6) is 0.945. The van der Waals surface area contributed by atoms with Gasteiger partial charge in [0.2, 0.25) is 0 Å². The van der Waals surface area contributed by atoms with E-state index in [2.05, 4.69) is 33.9 Å². The molecule has 7 nitrogen and oxygen atoms in total. The molecule has 0 saturated heterocycles. The minimum Gasteiger partial charge on any atom is -0.490 e. The molecule has 0 fully saturated rings. The number of hydrogen-bond donors (Lipinski definition) is 1. The molecule has 188 valence electrons. The maximum Gasteiger partial charge on any atom is 0.175 e. The van der Waals surface area contributed by atoms with E-state index in [1.54, 1.807) is 6.20 Å². The molecule has 0 spiro atoms. The van der Waals surface area contributed by atoms with Crippen molar-refractivity contribution in [2.24, 2.45) is 16.8 Å². The zero-order valence-electron chi connectivity index (χ0n) is 20.9. The highest BCUT2D eigenvalue weighted by Gasteiger charge is 2.41. The second kappa shape index (κ2) is 11.3. The zero-order valence-corrected chi connectivity index (χ0v) is 22.5. The Bertz CT molecular complexity index is 1260. The van der Waals surface area contributed by atoms with Gasteiger partial charge in [-0.05, 0) is 72.3 Å². The molecule has 1 aromatic heterocycles. The number of benzene rings is 1. The monoisotopic (exact) mass is 550 g/mol. The summed E-state index contributed by atoms with van der Waals surface area (Å²) in [6.45, 7) is 6.57. The summed E-state index contributed by atoms with van der Waals surface area (Å²) in [7, 11) is 0. The first-order chi connectivity index (χ1) is 17.4. The second-order valence-corrected chi connectivity index (χ2v) is 10.1. The van der Waals surface area contributed by atoms with Crippen LogP contribution in [0.4, 0.5) is 5.82 Å². The summed E-state index contributed by atoms with van der Waals surface area (Å²) in [4.78, 5) is 22.3. The molecule has 1 aliphatic carbocycles. The number of ketones is 1. The highest BCUT2D eigenvalue weighted by atomic mass is 79.9. The SMILES string of the molecule is CCCC1CC(=O)C2=C(C1)N=C(C)C(C#N)C2c1cc(Br)c(OCc2cccnc2N)c(OCC)c1. The van der Waals surface area contributed by atoms with Crippen molar-refractivity contribution in [3.8, 4) is 17.6 Å². The summed E-state index contributed by atoms with van der Waals surface area (Å²) >= 11 is 3.65. The number of Topliss-reactive ketones (excluding diaryl/α,β-unsaturated/α-hetero) is 1. The molecule has 1 aromatic carbocycles. The number of nitrogens with two attached hydrogens (primary N) is 1. The largest absolute Gasteiger partial charge is 0.490 e. The fraction of sp³-hybridized carbons (Fsp3) is 0.429. The summed E-state index contributed by atoms with van der Waals surface area (Å²) < 4.78 is 12.8. The molecule has 3 atom stereocenters. The van der Waals surface area contributed by atoms with Crippen LogP contribution >= 0.6 is 15.9 Å². The number of nitriles is 1. The first-order valence-corrected chi connectivity index (χ1v) is 13.2. The fourth-order valence-electron chi connectivity index (χ4n) is 5.17. The van der Waals surface area contributed by atoms with Gasteiger partial charge in [-0.15, -0.1) is 0 Å². The van der Waals surface area contributed by atoms with Crippen LogP contribution in [0.5, 0.6) is 11.5 Å². The Kier molecular flexibility index (Phi) is 8.10. The molecule has 0 amide bonds. The van der Waals surface area contributed by atoms with E-state index in [0.717, 1.165) is 41.8 Å². The average Bonchev–Trinajstić information content (AvgIpc) is 2.84. The van der Waals surface area contributed by atoms with Gasteiger partial charge in [-0.1, -0.05) is 19.4 Å². The van der Waals surface area contributed by atoms with E-state index in [-0.39, 0.29) is 12.4 Å². The Labute approximate surface area is 220 Å². The molecular formula is C28H31BrN4O3. The van der Waals surface area contributed by atoms with Gasteiger partial charge in [0.1, 0.15) is 12.4 Å². The van der Waals surface area contributed by atoms with Gasteiger partial charge in [0.05, 0.1) is 23.1 Å². The van der Waals surface area contributed by atoms with Crippen molar-refractivity contribution in [1.29, 1.82) is 5.26 Å². The third kappa shape index (κ3) is 5.17. The van der Waals surface area contributed by atoms with Gasteiger partial charge < -0.3 is 15.2 Å². The van der Waals surface area contributed by atoms with Crippen LogP contribution in [0.25, 0.3) is 0 Å². The number of aliphatic imine (C=N–C) groups is 1. The molecule has 2 aliphatic rings. The number of ether oxygens (including phenoxy) is 2. The minimum absolute atomic E-state index is 0.0951. The lowest BCUT2D eigenvalue weighted by molar-refractivity contribution is -0.117. The Hall–Kier alpha value is -3.18. The van der Waals surface area contributed by atoms with Gasteiger partial charge in [-0.2, -0.15) is 5.26 Å². The highest BCUT2D eigenvalue weighted by Crippen LogP contribution is 2.48. The number of rotatable bonds is 8. The third-order valence-electron chi connectivity index (χ3n) is 6.80. The number of pyridine rings is 1. The van der Waals surface area contributed by atoms with Gasteiger partial charge in [0.15, 0.2) is 17.3 Å². The summed E-state index contributed by atoms with van der Waals surface area (Å²) in [5.41, 5.74) is 9.82. The lowest BCUT2D eigenvalue weighted by atomic mass is 9.70. The maximum absolute atomic E-state index is 13.4. The molecule has 0 saturated carbocycles. The summed E-state index contributed by atoms with van der Waals surface area (Å²) in [6, 6.07) is 9.89. The molecule has 2 heterocycles. The number of nitrogen functional groups attached to an aromatic ring is 1. The van der Waals surface area contributed by atoms with Crippen LogP contribution in [0.1, 0.15) is 63.5 Å². The number of anilines is 1. The molecule has 8 heteroatoms. The Balaban J connectivity index is 1.75. The molecular weight excluding hydrogens is 520 g/mol. The predicted molar refractivity (Wildman–Crippen MR) is 143 cm³/mol. The van der Waals surface area contributed by atoms with Crippen LogP contribution in [0.15, 0.2) is 51.2 Å². The fourth-order valence-corrected chi connectivity index (χ4v) is 5.74. The molecule has 1 aliphatic heterocycles. The Morgan fingerprint density at radius 3 is 2.75 bits per heavy atom. The standard InChI is InChI=1S/C28H31BrN4O3/c1-4-7-17-10-22-26(23(34)11-17)25(20(14-30)16(3)33-22)19-12-21(29)27(24(13-19)35-5-2)36-15-18-8-6-9-32-28(18)31/h6,8-9,12-13,17,20,25H,4-5,7,10-11,15H2,1-3H3,(H2,31,32). The number of carbonyl (C=O) groups is 1. The topological polar surface area (TPSA) is 111 Å². The predicted octanol–water partition coefficient (Wildman–Crippen LogP) is 6.14. The van der Waals surface area contributed by atoms with E-state index in [9.17, 15) is 10.1 Å². The van der Waals surface area contributed by atoms with Gasteiger partial charge in [0, 0.05) is 41.1 Å². The van der Waals surface area contributed by atoms with E-state index in [0.29, 0.717) is 46.3 Å². The average molecular weight is 551 g/mol. The first-order valence-electron chi connectivity index (χ1n) is 12.4. The van der Waals surface area contributed by atoms with Crippen LogP contribution in [-0.4, -0.2) is 23.1 Å². The molecule has 2 N–H and O–H groups in total. The highest BCUT2D eigenvalue weighted by molar-refractivity contribution is 9.10. The maximum atomic E-state index is 13.4. The quantitative estimate of drug-likeness (QED) is 0.422. The number of halogens is 1. The first kappa shape index (κ1) is 25.9. The van der Waals surface area contributed by atoms with Gasteiger partial charge in [0.25, 0.3) is 0 Å². The van der Waals surface area contributed by atoms with Crippen molar-refractivity contribution in [3.05, 3.63) is 57.3 Å². The van der Waals surface area contributed by atoms with Gasteiger partial charge in [-0.25, -0.2) is 4.98 Å². The summed E-state index contributed by atoms with van der Waals surface area (Å²) in [5, 5.41) is 10.1.